The molecule has 0 radical (unpaired) electrons. The molecule has 1 heterocycles. The Bertz CT molecular complexity index is 971. The molecule has 2 aromatic carbocycles. The number of nitrogens with zero attached hydrogens (tertiary/aromatic N) is 1. The van der Waals surface area contributed by atoms with Gasteiger partial charge in [-0.15, -0.1) is 0 Å². The van der Waals surface area contributed by atoms with Crippen LogP contribution in [-0.4, -0.2) is 56.3 Å². The van der Waals surface area contributed by atoms with E-state index >= 15 is 0 Å². The maximum absolute atomic E-state index is 13.2. The second-order valence-corrected chi connectivity index (χ2v) is 8.42. The third-order valence-corrected chi connectivity index (χ3v) is 5.73. The lowest BCUT2D eigenvalue weighted by Crippen LogP contribution is -2.30. The highest BCUT2D eigenvalue weighted by atomic mass is 16.5. The van der Waals surface area contributed by atoms with Crippen molar-refractivity contribution in [1.29, 1.82) is 0 Å². The second-order valence-electron chi connectivity index (χ2n) is 8.42. The third-order valence-electron chi connectivity index (χ3n) is 5.73. The zero-order valence-electron chi connectivity index (χ0n) is 19.6. The van der Waals surface area contributed by atoms with Gasteiger partial charge >= 0.3 is 0 Å². The fraction of sp³-hybridized carbons (Fsp3) is 0.423. The number of methoxy groups -OCH3 is 2. The van der Waals surface area contributed by atoms with Crippen LogP contribution in [0.3, 0.4) is 0 Å². The maximum atomic E-state index is 13.2. The summed E-state index contributed by atoms with van der Waals surface area (Å²) in [7, 11) is 3.31. The predicted molar refractivity (Wildman–Crippen MR) is 125 cm³/mol. The monoisotopic (exact) mass is 439 g/mol. The molecule has 0 bridgehead atoms. The minimum absolute atomic E-state index is 0.122. The molecule has 2 aromatic rings. The highest BCUT2D eigenvalue weighted by Gasteiger charge is 2.33. The van der Waals surface area contributed by atoms with Crippen molar-refractivity contribution in [3.63, 3.8) is 0 Å². The number of benzene rings is 2. The van der Waals surface area contributed by atoms with Crippen LogP contribution in [0.25, 0.3) is 6.08 Å². The SMILES string of the molecule is COCCN(CCOC)Cc1c(O)cc(C)c2c1O/C(=C/c1ccc(C(C)C)cc1)C2=O. The summed E-state index contributed by atoms with van der Waals surface area (Å²) in [6.07, 6.45) is 1.76. The largest absolute Gasteiger partial charge is 0.507 e. The van der Waals surface area contributed by atoms with Crippen LogP contribution in [0.5, 0.6) is 11.5 Å². The van der Waals surface area contributed by atoms with E-state index in [1.807, 2.05) is 19.1 Å². The highest BCUT2D eigenvalue weighted by Crippen LogP contribution is 2.42. The summed E-state index contributed by atoms with van der Waals surface area (Å²) < 4.78 is 16.5. The predicted octanol–water partition coefficient (Wildman–Crippen LogP) is 4.54. The Morgan fingerprint density at radius 2 is 1.72 bits per heavy atom. The number of phenols is 1. The first-order chi connectivity index (χ1) is 15.3. The van der Waals surface area contributed by atoms with E-state index in [4.69, 9.17) is 14.2 Å². The molecule has 6 nitrogen and oxygen atoms in total. The zero-order chi connectivity index (χ0) is 23.3. The minimum atomic E-state index is -0.160. The van der Waals surface area contributed by atoms with Gasteiger partial charge in [-0.25, -0.2) is 0 Å². The number of hydrogen-bond acceptors (Lipinski definition) is 6. The summed E-state index contributed by atoms with van der Waals surface area (Å²) in [5.74, 6) is 1.12. The van der Waals surface area contributed by atoms with Crippen molar-refractivity contribution in [3.05, 3.63) is 63.9 Å². The molecule has 6 heteroatoms. The van der Waals surface area contributed by atoms with Crippen molar-refractivity contribution >= 4 is 11.9 Å². The quantitative estimate of drug-likeness (QED) is 0.549. The van der Waals surface area contributed by atoms with Crippen LogP contribution in [0, 0.1) is 6.92 Å². The number of rotatable bonds is 10. The number of fused-ring (bicyclic) bond motifs is 1. The lowest BCUT2D eigenvalue weighted by molar-refractivity contribution is 0.101. The van der Waals surface area contributed by atoms with Crippen LogP contribution >= 0.6 is 0 Å². The van der Waals surface area contributed by atoms with Gasteiger partial charge in [0.1, 0.15) is 11.5 Å². The number of aryl methyl sites for hydroxylation is 1. The Balaban J connectivity index is 1.92. The van der Waals surface area contributed by atoms with Crippen LogP contribution in [0.2, 0.25) is 0 Å². The Labute approximate surface area is 190 Å². The van der Waals surface area contributed by atoms with E-state index in [2.05, 4.69) is 30.9 Å². The molecule has 1 aliphatic rings. The van der Waals surface area contributed by atoms with Gasteiger partial charge < -0.3 is 19.3 Å². The summed E-state index contributed by atoms with van der Waals surface area (Å²) in [5.41, 5.74) is 3.95. The van der Waals surface area contributed by atoms with E-state index in [1.54, 1.807) is 26.4 Å². The normalized spacial score (nSPS) is 14.5. The van der Waals surface area contributed by atoms with E-state index < -0.39 is 0 Å². The molecule has 0 aromatic heterocycles. The topological polar surface area (TPSA) is 68.2 Å². The minimum Gasteiger partial charge on any atom is -0.507 e. The smallest absolute Gasteiger partial charge is 0.232 e. The average molecular weight is 440 g/mol. The molecular formula is C26H33NO5. The van der Waals surface area contributed by atoms with Gasteiger partial charge in [0, 0.05) is 33.9 Å². The van der Waals surface area contributed by atoms with Crippen molar-refractivity contribution in [2.45, 2.75) is 33.2 Å². The van der Waals surface area contributed by atoms with Gasteiger partial charge in [-0.2, -0.15) is 0 Å². The molecule has 0 aliphatic carbocycles. The van der Waals surface area contributed by atoms with E-state index in [1.165, 1.54) is 5.56 Å². The van der Waals surface area contributed by atoms with Gasteiger partial charge in [0.05, 0.1) is 24.3 Å². The summed E-state index contributed by atoms with van der Waals surface area (Å²) in [5, 5.41) is 10.7. The number of phenolic OH excluding ortho intramolecular Hbond substituents is 1. The van der Waals surface area contributed by atoms with Gasteiger partial charge in [-0.1, -0.05) is 38.1 Å². The Morgan fingerprint density at radius 1 is 1.09 bits per heavy atom. The van der Waals surface area contributed by atoms with Crippen molar-refractivity contribution in [3.8, 4) is 11.5 Å². The fourth-order valence-electron chi connectivity index (χ4n) is 3.80. The van der Waals surface area contributed by atoms with Gasteiger partial charge in [0.15, 0.2) is 5.76 Å². The molecular weight excluding hydrogens is 406 g/mol. The molecule has 32 heavy (non-hydrogen) atoms. The molecule has 3 rings (SSSR count). The lowest BCUT2D eigenvalue weighted by atomic mass is 9.98. The molecule has 172 valence electrons. The fourth-order valence-corrected chi connectivity index (χ4v) is 3.80. The molecule has 0 saturated heterocycles. The number of carbonyl (C=O) groups is 1. The highest BCUT2D eigenvalue weighted by molar-refractivity contribution is 6.15. The standard InChI is InChI=1S/C26H33NO5/c1-17(2)20-8-6-19(7-9-20)15-23-25(29)24-18(3)14-22(28)21(26(24)32-23)16-27(10-12-30-4)11-13-31-5/h6-9,14-15,17,28H,10-13,16H2,1-5H3/b23-15+. The second kappa shape index (κ2) is 10.8. The third kappa shape index (κ3) is 5.38. The summed E-state index contributed by atoms with van der Waals surface area (Å²) in [6, 6.07) is 9.75. The van der Waals surface area contributed by atoms with Gasteiger partial charge in [-0.05, 0) is 41.7 Å². The summed E-state index contributed by atoms with van der Waals surface area (Å²) in [4.78, 5) is 15.3. The van der Waals surface area contributed by atoms with Crippen molar-refractivity contribution in [2.24, 2.45) is 0 Å². The molecule has 0 spiro atoms. The maximum Gasteiger partial charge on any atom is 0.232 e. The molecule has 1 aliphatic heterocycles. The molecule has 0 saturated carbocycles. The van der Waals surface area contributed by atoms with E-state index in [0.717, 1.165) is 5.56 Å². The number of carbonyl (C=O) groups excluding carboxylic acids is 1. The Kier molecular flexibility index (Phi) is 8.07. The van der Waals surface area contributed by atoms with Crippen LogP contribution in [0.4, 0.5) is 0 Å². The van der Waals surface area contributed by atoms with Crippen LogP contribution < -0.4 is 4.74 Å². The van der Waals surface area contributed by atoms with E-state index in [0.29, 0.717) is 61.2 Å². The molecule has 0 fully saturated rings. The van der Waals surface area contributed by atoms with Crippen molar-refractivity contribution in [1.82, 2.24) is 4.90 Å². The number of ketones is 1. The summed E-state index contributed by atoms with van der Waals surface area (Å²) >= 11 is 0. The number of hydrogen-bond donors (Lipinski definition) is 1. The summed E-state index contributed by atoms with van der Waals surface area (Å²) in [6.45, 7) is 8.97. The number of allylic oxidation sites excluding steroid dienone is 1. The Morgan fingerprint density at radius 3 is 2.28 bits per heavy atom. The Hall–Kier alpha value is -2.67. The number of aromatic hydroxyl groups is 1. The average Bonchev–Trinajstić information content (AvgIpc) is 3.09. The van der Waals surface area contributed by atoms with Crippen LogP contribution in [0.1, 0.15) is 52.4 Å². The molecule has 0 unspecified atom stereocenters. The molecule has 0 amide bonds. The molecule has 1 N–H and O–H groups in total. The van der Waals surface area contributed by atoms with Crippen LogP contribution in [-0.2, 0) is 16.0 Å². The van der Waals surface area contributed by atoms with E-state index in [9.17, 15) is 9.90 Å². The zero-order valence-corrected chi connectivity index (χ0v) is 19.6. The lowest BCUT2D eigenvalue weighted by Gasteiger charge is -2.23. The van der Waals surface area contributed by atoms with E-state index in [-0.39, 0.29) is 17.3 Å². The molecule has 0 atom stereocenters. The first-order valence-electron chi connectivity index (χ1n) is 11.0. The van der Waals surface area contributed by atoms with Crippen molar-refractivity contribution in [2.75, 3.05) is 40.5 Å². The van der Waals surface area contributed by atoms with Gasteiger partial charge in [-0.3, -0.25) is 9.69 Å². The van der Waals surface area contributed by atoms with Crippen molar-refractivity contribution < 1.29 is 24.1 Å². The van der Waals surface area contributed by atoms with Crippen LogP contribution in [0.15, 0.2) is 36.1 Å². The number of Topliss-reactive ketones (excluding diaryl/α,β-unsaturated/α-hetero) is 1. The van der Waals surface area contributed by atoms with Gasteiger partial charge in [0.2, 0.25) is 5.78 Å². The first kappa shape index (κ1) is 24.0. The first-order valence-corrected chi connectivity index (χ1v) is 11.0. The number of ether oxygens (including phenoxy) is 3. The van der Waals surface area contributed by atoms with Gasteiger partial charge in [0.25, 0.3) is 0 Å².